The van der Waals surface area contributed by atoms with Gasteiger partial charge in [-0.15, -0.1) is 0 Å². The van der Waals surface area contributed by atoms with Gasteiger partial charge in [0.05, 0.1) is 0 Å². The van der Waals surface area contributed by atoms with Gasteiger partial charge in [0.25, 0.3) is 0 Å². The van der Waals surface area contributed by atoms with Crippen LogP contribution in [0.25, 0.3) is 0 Å². The highest BCUT2D eigenvalue weighted by atomic mass is 16.1. The van der Waals surface area contributed by atoms with Crippen molar-refractivity contribution in [1.82, 2.24) is 0 Å². The van der Waals surface area contributed by atoms with Crippen molar-refractivity contribution < 1.29 is 4.79 Å². The summed E-state index contributed by atoms with van der Waals surface area (Å²) in [5.74, 6) is 0.133. The number of hydrogen-bond donors (Lipinski definition) is 0. The fraction of sp³-hybridized carbons (Fsp3) is 0.154. The second-order valence-corrected chi connectivity index (χ2v) is 3.64. The summed E-state index contributed by atoms with van der Waals surface area (Å²) in [5, 5.41) is 0. The normalized spacial score (nSPS) is 19.5. The molecule has 1 nitrogen and oxygen atoms in total. The predicted molar refractivity (Wildman–Crippen MR) is 57.8 cm³/mol. The van der Waals surface area contributed by atoms with E-state index >= 15 is 0 Å². The Hall–Kier alpha value is -1.63. The Balaban J connectivity index is 2.46. The summed E-state index contributed by atoms with van der Waals surface area (Å²) in [4.78, 5) is 11.3. The van der Waals surface area contributed by atoms with Crippen molar-refractivity contribution >= 4 is 5.78 Å². The predicted octanol–water partition coefficient (Wildman–Crippen LogP) is 2.88. The molecule has 70 valence electrons. The average molecular weight is 184 g/mol. The third kappa shape index (κ3) is 1.53. The molecule has 0 aliphatic heterocycles. The molecule has 2 aliphatic carbocycles. The summed E-state index contributed by atoms with van der Waals surface area (Å²) in [5.41, 5.74) is 4.12. The Bertz CT molecular complexity index is 428. The van der Waals surface area contributed by atoms with E-state index in [2.05, 4.69) is 6.58 Å². The van der Waals surface area contributed by atoms with Gasteiger partial charge in [0.15, 0.2) is 5.78 Å². The number of ketones is 1. The molecule has 0 saturated carbocycles. The summed E-state index contributed by atoms with van der Waals surface area (Å²) >= 11 is 0. The minimum Gasteiger partial charge on any atom is -0.295 e. The molecule has 0 aromatic rings. The molecule has 0 fully saturated rings. The molecule has 0 N–H and O–H groups in total. The Morgan fingerprint density at radius 1 is 1.36 bits per heavy atom. The molecule has 1 heteroatoms. The molecule has 0 aromatic carbocycles. The van der Waals surface area contributed by atoms with Crippen LogP contribution in [-0.2, 0) is 4.79 Å². The van der Waals surface area contributed by atoms with E-state index in [-0.39, 0.29) is 5.78 Å². The van der Waals surface area contributed by atoms with Gasteiger partial charge in [-0.1, -0.05) is 36.5 Å². The SMILES string of the molecule is C=C1C=C2C=CC=C2C=C(C(C)=O)C1. The number of hydrogen-bond acceptors (Lipinski definition) is 1. The van der Waals surface area contributed by atoms with Gasteiger partial charge in [-0.3, -0.25) is 4.79 Å². The van der Waals surface area contributed by atoms with Crippen LogP contribution in [0.15, 0.2) is 59.3 Å². The van der Waals surface area contributed by atoms with Crippen molar-refractivity contribution in [2.24, 2.45) is 0 Å². The van der Waals surface area contributed by atoms with E-state index in [9.17, 15) is 4.79 Å². The van der Waals surface area contributed by atoms with Gasteiger partial charge in [0, 0.05) is 6.42 Å². The summed E-state index contributed by atoms with van der Waals surface area (Å²) in [6.07, 6.45) is 10.7. The molecule has 0 aromatic heterocycles. The second-order valence-electron chi connectivity index (χ2n) is 3.64. The van der Waals surface area contributed by atoms with E-state index in [0.29, 0.717) is 6.42 Å². The first-order valence-electron chi connectivity index (χ1n) is 4.66. The largest absolute Gasteiger partial charge is 0.295 e. The maximum Gasteiger partial charge on any atom is 0.156 e. The van der Waals surface area contributed by atoms with Gasteiger partial charge >= 0.3 is 0 Å². The Morgan fingerprint density at radius 3 is 2.86 bits per heavy atom. The highest BCUT2D eigenvalue weighted by molar-refractivity contribution is 5.95. The molecule has 2 aliphatic rings. The van der Waals surface area contributed by atoms with Gasteiger partial charge in [-0.2, -0.15) is 0 Å². The summed E-state index contributed by atoms with van der Waals surface area (Å²) in [7, 11) is 0. The van der Waals surface area contributed by atoms with Crippen LogP contribution < -0.4 is 0 Å². The first-order chi connectivity index (χ1) is 6.66. The molecule has 0 radical (unpaired) electrons. The molecule has 0 bridgehead atoms. The second kappa shape index (κ2) is 3.26. The maximum atomic E-state index is 11.3. The Morgan fingerprint density at radius 2 is 2.14 bits per heavy atom. The van der Waals surface area contributed by atoms with Crippen molar-refractivity contribution in [3.8, 4) is 0 Å². The summed E-state index contributed by atoms with van der Waals surface area (Å²) in [6, 6.07) is 0. The third-order valence-electron chi connectivity index (χ3n) is 2.44. The van der Waals surface area contributed by atoms with Crippen LogP contribution >= 0.6 is 0 Å². The lowest BCUT2D eigenvalue weighted by Crippen LogP contribution is -1.96. The topological polar surface area (TPSA) is 17.1 Å². The molecular weight excluding hydrogens is 172 g/mol. The molecule has 2 rings (SSSR count). The van der Waals surface area contributed by atoms with E-state index in [4.69, 9.17) is 0 Å². The lowest BCUT2D eigenvalue weighted by Gasteiger charge is -1.99. The molecule has 0 saturated heterocycles. The van der Waals surface area contributed by atoms with Crippen molar-refractivity contribution in [2.45, 2.75) is 13.3 Å². The van der Waals surface area contributed by atoms with E-state index in [1.807, 2.05) is 30.4 Å². The molecule has 0 amide bonds. The lowest BCUT2D eigenvalue weighted by molar-refractivity contribution is -0.113. The summed E-state index contributed by atoms with van der Waals surface area (Å²) < 4.78 is 0. The zero-order chi connectivity index (χ0) is 10.1. The van der Waals surface area contributed by atoms with Gasteiger partial charge in [0.2, 0.25) is 0 Å². The molecule has 0 unspecified atom stereocenters. The van der Waals surface area contributed by atoms with Gasteiger partial charge in [-0.05, 0) is 29.7 Å². The minimum atomic E-state index is 0.133. The fourth-order valence-electron chi connectivity index (χ4n) is 1.69. The molecule has 14 heavy (non-hydrogen) atoms. The van der Waals surface area contributed by atoms with E-state index in [0.717, 1.165) is 22.3 Å². The van der Waals surface area contributed by atoms with Crippen LogP contribution in [-0.4, -0.2) is 5.78 Å². The van der Waals surface area contributed by atoms with Gasteiger partial charge in [-0.25, -0.2) is 0 Å². The van der Waals surface area contributed by atoms with Crippen molar-refractivity contribution in [1.29, 1.82) is 0 Å². The van der Waals surface area contributed by atoms with Crippen molar-refractivity contribution in [3.63, 3.8) is 0 Å². The average Bonchev–Trinajstić information content (AvgIpc) is 2.45. The number of Topliss-reactive ketones (excluding diaryl/α,β-unsaturated/α-hetero) is 1. The van der Waals surface area contributed by atoms with E-state index in [1.165, 1.54) is 0 Å². The first-order valence-corrected chi connectivity index (χ1v) is 4.66. The Kier molecular flexibility index (Phi) is 2.08. The number of fused-ring (bicyclic) bond motifs is 1. The van der Waals surface area contributed by atoms with Gasteiger partial charge < -0.3 is 0 Å². The molecule has 0 atom stereocenters. The van der Waals surface area contributed by atoms with E-state index < -0.39 is 0 Å². The standard InChI is InChI=1S/C13H12O/c1-9-6-11-4-3-5-12(11)8-13(7-9)10(2)14/h3-6,8H,1,7H2,2H3. The van der Waals surface area contributed by atoms with Crippen LogP contribution in [0.5, 0.6) is 0 Å². The zero-order valence-electron chi connectivity index (χ0n) is 8.21. The van der Waals surface area contributed by atoms with Crippen LogP contribution in [0.3, 0.4) is 0 Å². The molecule has 0 heterocycles. The van der Waals surface area contributed by atoms with Crippen LogP contribution in [0.2, 0.25) is 0 Å². The highest BCUT2D eigenvalue weighted by Gasteiger charge is 2.13. The first kappa shape index (κ1) is 8.95. The number of rotatable bonds is 1. The lowest BCUT2D eigenvalue weighted by atomic mass is 10.0. The third-order valence-corrected chi connectivity index (χ3v) is 2.44. The molecular formula is C13H12O. The highest BCUT2D eigenvalue weighted by Crippen LogP contribution is 2.28. The minimum absolute atomic E-state index is 0.133. The van der Waals surface area contributed by atoms with Gasteiger partial charge in [0.1, 0.15) is 0 Å². The number of allylic oxidation sites excluding steroid dienone is 9. The van der Waals surface area contributed by atoms with Crippen LogP contribution in [0, 0.1) is 0 Å². The molecule has 0 spiro atoms. The van der Waals surface area contributed by atoms with Crippen LogP contribution in [0.1, 0.15) is 13.3 Å². The fourth-order valence-corrected chi connectivity index (χ4v) is 1.69. The smallest absolute Gasteiger partial charge is 0.156 e. The van der Waals surface area contributed by atoms with Crippen molar-refractivity contribution in [3.05, 3.63) is 59.3 Å². The quantitative estimate of drug-likeness (QED) is 0.612. The number of carbonyl (C=O) groups excluding carboxylic acids is 1. The summed E-state index contributed by atoms with van der Waals surface area (Å²) in [6.45, 7) is 5.54. The van der Waals surface area contributed by atoms with Crippen molar-refractivity contribution in [2.75, 3.05) is 0 Å². The van der Waals surface area contributed by atoms with E-state index in [1.54, 1.807) is 6.92 Å². The Labute approximate surface area is 83.8 Å². The van der Waals surface area contributed by atoms with Crippen LogP contribution in [0.4, 0.5) is 0 Å². The number of carbonyl (C=O) groups is 1. The zero-order valence-corrected chi connectivity index (χ0v) is 8.21. The monoisotopic (exact) mass is 184 g/mol. The maximum absolute atomic E-state index is 11.3.